The molecule has 3 unspecified atom stereocenters. The lowest BCUT2D eigenvalue weighted by Crippen LogP contribution is -2.50. The molecule has 0 rings (SSSR count). The Morgan fingerprint density at radius 3 is 1.50 bits per heavy atom. The number of aliphatic hydroxyl groups is 2. The van der Waals surface area contributed by atoms with Crippen LogP contribution in [-0.2, 0) is 14.9 Å². The summed E-state index contributed by atoms with van der Waals surface area (Å²) in [7, 11) is -4.45. The number of rotatable bonds is 31. The maximum absolute atomic E-state index is 12.5. The van der Waals surface area contributed by atoms with Crippen LogP contribution >= 0.6 is 0 Å². The highest BCUT2D eigenvalue weighted by Crippen LogP contribution is 2.12. The summed E-state index contributed by atoms with van der Waals surface area (Å²) in [6, 6.07) is -1.25. The number of carbonyl (C=O) groups is 1. The molecule has 0 saturated carbocycles. The summed E-state index contributed by atoms with van der Waals surface area (Å²) in [6.07, 6.45) is 34.9. The molecule has 0 aliphatic carbocycles. The van der Waals surface area contributed by atoms with Gasteiger partial charge < -0.3 is 15.5 Å². The van der Waals surface area contributed by atoms with Gasteiger partial charge in [0.25, 0.3) is 10.1 Å². The van der Waals surface area contributed by atoms with Crippen molar-refractivity contribution in [2.24, 2.45) is 0 Å². The number of hydrogen-bond donors (Lipinski definition) is 4. The molecule has 8 heteroatoms. The van der Waals surface area contributed by atoms with Crippen LogP contribution in [0.15, 0.2) is 36.5 Å². The third kappa shape index (κ3) is 29.2. The van der Waals surface area contributed by atoms with Crippen molar-refractivity contribution in [3.05, 3.63) is 36.5 Å². The van der Waals surface area contributed by atoms with E-state index in [2.05, 4.69) is 43.5 Å². The maximum Gasteiger partial charge on any atom is 0.267 e. The second-order valence-corrected chi connectivity index (χ2v) is 13.8. The molecular formula is C36H67NO6S. The molecule has 0 spiro atoms. The summed E-state index contributed by atoms with van der Waals surface area (Å²) in [5.74, 6) is -1.57. The minimum absolute atomic E-state index is 0.259. The fourth-order valence-electron chi connectivity index (χ4n) is 5.11. The summed E-state index contributed by atoms with van der Waals surface area (Å²) >= 11 is 0. The second-order valence-electron chi connectivity index (χ2n) is 12.3. The molecule has 0 bridgehead atoms. The van der Waals surface area contributed by atoms with Gasteiger partial charge in [0.05, 0.1) is 17.9 Å². The zero-order valence-electron chi connectivity index (χ0n) is 28.1. The summed E-state index contributed by atoms with van der Waals surface area (Å²) in [4.78, 5) is 12.5. The van der Waals surface area contributed by atoms with Crippen molar-refractivity contribution in [3.63, 3.8) is 0 Å². The van der Waals surface area contributed by atoms with Crippen LogP contribution in [0.25, 0.3) is 0 Å². The van der Waals surface area contributed by atoms with E-state index in [9.17, 15) is 28.0 Å². The summed E-state index contributed by atoms with van der Waals surface area (Å²) in [5, 5.41) is 23.2. The zero-order chi connectivity index (χ0) is 32.7. The van der Waals surface area contributed by atoms with Crippen molar-refractivity contribution in [1.29, 1.82) is 0 Å². The fourth-order valence-corrected chi connectivity index (χ4v) is 5.85. The molecule has 258 valence electrons. The van der Waals surface area contributed by atoms with E-state index >= 15 is 0 Å². The largest absolute Gasteiger partial charge is 0.387 e. The molecule has 0 aromatic carbocycles. The Labute approximate surface area is 270 Å². The Kier molecular flexibility index (Phi) is 29.2. The highest BCUT2D eigenvalue weighted by Gasteiger charge is 2.27. The van der Waals surface area contributed by atoms with Gasteiger partial charge in [0.2, 0.25) is 5.91 Å². The molecule has 3 atom stereocenters. The van der Waals surface area contributed by atoms with E-state index in [0.717, 1.165) is 44.9 Å². The lowest BCUT2D eigenvalue weighted by atomic mass is 10.1. The summed E-state index contributed by atoms with van der Waals surface area (Å²) in [6.45, 7) is 4.46. The first kappa shape index (κ1) is 42.5. The minimum Gasteiger partial charge on any atom is -0.387 e. The number of nitrogens with one attached hydrogen (secondary N) is 1. The lowest BCUT2D eigenvalue weighted by molar-refractivity contribution is -0.130. The third-order valence-corrected chi connectivity index (χ3v) is 8.68. The molecule has 1 amide bonds. The Morgan fingerprint density at radius 2 is 1.02 bits per heavy atom. The molecule has 0 radical (unpaired) electrons. The molecule has 0 saturated heterocycles. The fraction of sp³-hybridized carbons (Fsp3) is 0.806. The molecule has 4 N–H and O–H groups in total. The number of unbranched alkanes of at least 4 members (excludes halogenated alkanes) is 18. The van der Waals surface area contributed by atoms with Gasteiger partial charge in [-0.2, -0.15) is 8.42 Å². The number of carbonyl (C=O) groups excluding carboxylic acids is 1. The maximum atomic E-state index is 12.5. The molecule has 0 fully saturated rings. The number of allylic oxidation sites excluding steroid dienone is 5. The van der Waals surface area contributed by atoms with E-state index in [1.807, 2.05) is 0 Å². The zero-order valence-corrected chi connectivity index (χ0v) is 29.0. The smallest absolute Gasteiger partial charge is 0.267 e. The summed E-state index contributed by atoms with van der Waals surface area (Å²) in [5.41, 5.74) is 0. The van der Waals surface area contributed by atoms with Crippen LogP contribution in [0.5, 0.6) is 0 Å². The Bertz CT molecular complexity index is 855. The van der Waals surface area contributed by atoms with E-state index in [4.69, 9.17) is 0 Å². The third-order valence-electron chi connectivity index (χ3n) is 7.90. The van der Waals surface area contributed by atoms with Gasteiger partial charge in [-0.3, -0.25) is 9.35 Å². The predicted octanol–water partition coefficient (Wildman–Crippen LogP) is 8.76. The molecular weight excluding hydrogens is 574 g/mol. The molecule has 7 nitrogen and oxygen atoms in total. The van der Waals surface area contributed by atoms with Crippen LogP contribution in [0.4, 0.5) is 0 Å². The highest BCUT2D eigenvalue weighted by molar-refractivity contribution is 7.85. The first-order chi connectivity index (χ1) is 21.2. The topological polar surface area (TPSA) is 124 Å². The van der Waals surface area contributed by atoms with E-state index < -0.39 is 40.0 Å². The van der Waals surface area contributed by atoms with Gasteiger partial charge in [-0.1, -0.05) is 140 Å². The van der Waals surface area contributed by atoms with Crippen LogP contribution in [0, 0.1) is 0 Å². The highest BCUT2D eigenvalue weighted by atomic mass is 32.2. The standard InChI is InChI=1S/C36H67NO6S/c1-3-5-7-9-11-13-15-17-18-19-21-23-25-27-29-31-35(39)36(40)37-33(32-44(41,42)43)34(38)30-28-26-24-22-20-16-14-12-10-8-6-4-2/h18-20,22,28,30,33-35,38-39H,3-17,21,23-27,29,31-32H2,1-2H3,(H,37,40)(H,41,42,43)/b19-18-,22-20+,30-28+. The Hall–Kier alpha value is -1.48. The first-order valence-corrected chi connectivity index (χ1v) is 19.4. The van der Waals surface area contributed by atoms with E-state index in [1.54, 1.807) is 6.08 Å². The van der Waals surface area contributed by atoms with Crippen molar-refractivity contribution in [2.45, 2.75) is 180 Å². The minimum atomic E-state index is -4.45. The monoisotopic (exact) mass is 641 g/mol. The van der Waals surface area contributed by atoms with Crippen LogP contribution < -0.4 is 5.32 Å². The van der Waals surface area contributed by atoms with E-state index in [1.165, 1.54) is 89.5 Å². The van der Waals surface area contributed by atoms with Crippen LogP contribution in [0.3, 0.4) is 0 Å². The van der Waals surface area contributed by atoms with Gasteiger partial charge in [0.15, 0.2) is 0 Å². The van der Waals surface area contributed by atoms with E-state index in [0.29, 0.717) is 12.8 Å². The first-order valence-electron chi connectivity index (χ1n) is 17.8. The second kappa shape index (κ2) is 30.2. The molecule has 0 aliphatic rings. The van der Waals surface area contributed by atoms with Crippen molar-refractivity contribution < 1.29 is 28.0 Å². The van der Waals surface area contributed by atoms with Gasteiger partial charge in [-0.25, -0.2) is 0 Å². The Morgan fingerprint density at radius 1 is 0.614 bits per heavy atom. The van der Waals surface area contributed by atoms with Gasteiger partial charge >= 0.3 is 0 Å². The van der Waals surface area contributed by atoms with Crippen molar-refractivity contribution in [2.75, 3.05) is 5.75 Å². The quantitative estimate of drug-likeness (QED) is 0.0341. The molecule has 44 heavy (non-hydrogen) atoms. The molecule has 0 aromatic heterocycles. The normalized spacial score (nSPS) is 14.6. The van der Waals surface area contributed by atoms with Gasteiger partial charge in [-0.05, 0) is 57.8 Å². The van der Waals surface area contributed by atoms with Crippen molar-refractivity contribution >= 4 is 16.0 Å². The Balaban J connectivity index is 4.20. The number of aliphatic hydroxyl groups excluding tert-OH is 2. The molecule has 0 aromatic rings. The average molecular weight is 642 g/mol. The van der Waals surface area contributed by atoms with Crippen LogP contribution in [0.1, 0.15) is 162 Å². The predicted molar refractivity (Wildman–Crippen MR) is 185 cm³/mol. The average Bonchev–Trinajstić information content (AvgIpc) is 2.98. The summed E-state index contributed by atoms with van der Waals surface area (Å²) < 4.78 is 32.3. The molecule has 0 heterocycles. The van der Waals surface area contributed by atoms with Crippen LogP contribution in [-0.4, -0.2) is 53.1 Å². The lowest BCUT2D eigenvalue weighted by Gasteiger charge is -2.22. The van der Waals surface area contributed by atoms with E-state index in [-0.39, 0.29) is 6.42 Å². The van der Waals surface area contributed by atoms with Gasteiger partial charge in [-0.15, -0.1) is 0 Å². The number of hydrogen-bond acceptors (Lipinski definition) is 5. The van der Waals surface area contributed by atoms with Gasteiger partial charge in [0.1, 0.15) is 6.10 Å². The SMILES string of the molecule is CCCCCCCC/C=C/CC/C=C/C(O)C(CS(=O)(=O)O)NC(=O)C(O)CCCCCC/C=C\CCCCCCCCC. The van der Waals surface area contributed by atoms with Crippen molar-refractivity contribution in [3.8, 4) is 0 Å². The van der Waals surface area contributed by atoms with Crippen LogP contribution in [0.2, 0.25) is 0 Å². The number of amides is 1. The molecule has 0 aliphatic heterocycles. The van der Waals surface area contributed by atoms with Crippen molar-refractivity contribution in [1.82, 2.24) is 5.32 Å². The van der Waals surface area contributed by atoms with Gasteiger partial charge in [0, 0.05) is 0 Å².